The van der Waals surface area contributed by atoms with Crippen molar-refractivity contribution in [3.63, 3.8) is 0 Å². The Morgan fingerprint density at radius 1 is 1.59 bits per heavy atom. The third kappa shape index (κ3) is 3.30. The molecule has 2 rings (SSSR count). The van der Waals surface area contributed by atoms with Crippen LogP contribution in [0.2, 0.25) is 0 Å². The molecule has 1 unspecified atom stereocenters. The van der Waals surface area contributed by atoms with Crippen molar-refractivity contribution in [1.82, 2.24) is 0 Å². The summed E-state index contributed by atoms with van der Waals surface area (Å²) in [6.45, 7) is 0. The first kappa shape index (κ1) is 11.6. The lowest BCUT2D eigenvalue weighted by molar-refractivity contribution is -0.117. The molecule has 1 amide bonds. The molecular weight excluding hydrogens is 214 g/mol. The fourth-order valence-corrected chi connectivity index (χ4v) is 1.72. The van der Waals surface area contributed by atoms with Gasteiger partial charge in [0.2, 0.25) is 5.91 Å². The molecule has 0 spiro atoms. The van der Waals surface area contributed by atoms with Crippen LogP contribution in [0.5, 0.6) is 0 Å². The molecule has 1 atom stereocenters. The minimum Gasteiger partial charge on any atom is -0.325 e. The van der Waals surface area contributed by atoms with Gasteiger partial charge in [-0.1, -0.05) is 18.9 Å². The molecule has 0 radical (unpaired) electrons. The molecule has 1 aromatic rings. The molecule has 1 saturated carbocycles. The highest BCUT2D eigenvalue weighted by atomic mass is 16.2. The summed E-state index contributed by atoms with van der Waals surface area (Å²) in [5, 5.41) is 11.5. The summed E-state index contributed by atoms with van der Waals surface area (Å²) in [5.41, 5.74) is 6.95. The van der Waals surface area contributed by atoms with Gasteiger partial charge in [0.1, 0.15) is 0 Å². The summed E-state index contributed by atoms with van der Waals surface area (Å²) < 4.78 is 0. The number of amides is 1. The second kappa shape index (κ2) is 4.98. The van der Waals surface area contributed by atoms with E-state index in [1.165, 1.54) is 12.8 Å². The molecule has 1 fully saturated rings. The van der Waals surface area contributed by atoms with E-state index >= 15 is 0 Å². The van der Waals surface area contributed by atoms with Crippen LogP contribution in [0, 0.1) is 17.2 Å². The molecule has 0 aliphatic heterocycles. The summed E-state index contributed by atoms with van der Waals surface area (Å²) in [5.74, 6) is 0.452. The fourth-order valence-electron chi connectivity index (χ4n) is 1.72. The van der Waals surface area contributed by atoms with E-state index in [4.69, 9.17) is 11.0 Å². The number of nitrogens with zero attached hydrogens (tertiary/aromatic N) is 1. The van der Waals surface area contributed by atoms with Gasteiger partial charge in [-0.05, 0) is 30.5 Å². The van der Waals surface area contributed by atoms with Crippen molar-refractivity contribution in [3.8, 4) is 6.07 Å². The monoisotopic (exact) mass is 229 g/mol. The molecular formula is C13H15N3O. The quantitative estimate of drug-likeness (QED) is 0.823. The SMILES string of the molecule is N#Cc1cccc(NC(=O)C(N)CC2CC2)c1. The number of benzene rings is 1. The van der Waals surface area contributed by atoms with Gasteiger partial charge in [-0.3, -0.25) is 4.79 Å². The Kier molecular flexibility index (Phi) is 3.40. The third-order valence-electron chi connectivity index (χ3n) is 2.88. The van der Waals surface area contributed by atoms with E-state index in [-0.39, 0.29) is 5.91 Å². The van der Waals surface area contributed by atoms with Gasteiger partial charge in [0, 0.05) is 5.69 Å². The average molecular weight is 229 g/mol. The number of nitrogens with two attached hydrogens (primary N) is 1. The Hall–Kier alpha value is -1.86. The Morgan fingerprint density at radius 3 is 3.00 bits per heavy atom. The lowest BCUT2D eigenvalue weighted by Gasteiger charge is -2.11. The third-order valence-corrected chi connectivity index (χ3v) is 2.88. The topological polar surface area (TPSA) is 78.9 Å². The van der Waals surface area contributed by atoms with Crippen LogP contribution < -0.4 is 11.1 Å². The summed E-state index contributed by atoms with van der Waals surface area (Å²) in [6, 6.07) is 8.40. The van der Waals surface area contributed by atoms with Crippen LogP contribution in [-0.2, 0) is 4.79 Å². The zero-order valence-corrected chi connectivity index (χ0v) is 9.52. The summed E-state index contributed by atoms with van der Waals surface area (Å²) >= 11 is 0. The lowest BCUT2D eigenvalue weighted by atomic mass is 10.1. The lowest BCUT2D eigenvalue weighted by Crippen LogP contribution is -2.35. The first-order valence-corrected chi connectivity index (χ1v) is 5.75. The molecule has 4 heteroatoms. The van der Waals surface area contributed by atoms with Crippen LogP contribution in [0.4, 0.5) is 5.69 Å². The number of nitrogens with one attached hydrogen (secondary N) is 1. The van der Waals surface area contributed by atoms with Gasteiger partial charge in [0.15, 0.2) is 0 Å². The summed E-state index contributed by atoms with van der Waals surface area (Å²) in [4.78, 5) is 11.8. The van der Waals surface area contributed by atoms with Crippen molar-refractivity contribution in [2.75, 3.05) is 5.32 Å². The van der Waals surface area contributed by atoms with Crippen molar-refractivity contribution in [2.45, 2.75) is 25.3 Å². The maximum atomic E-state index is 11.8. The molecule has 0 bridgehead atoms. The van der Waals surface area contributed by atoms with Crippen LogP contribution in [0.15, 0.2) is 24.3 Å². The average Bonchev–Trinajstić information content (AvgIpc) is 3.13. The molecule has 3 N–H and O–H groups in total. The van der Waals surface area contributed by atoms with Gasteiger partial charge in [-0.25, -0.2) is 0 Å². The molecule has 0 saturated heterocycles. The predicted octanol–water partition coefficient (Wildman–Crippen LogP) is 1.62. The van der Waals surface area contributed by atoms with Gasteiger partial charge in [0.05, 0.1) is 17.7 Å². The molecule has 88 valence electrons. The molecule has 1 aliphatic rings. The number of nitriles is 1. The van der Waals surface area contributed by atoms with E-state index < -0.39 is 6.04 Å². The Morgan fingerprint density at radius 2 is 2.35 bits per heavy atom. The van der Waals surface area contributed by atoms with Crippen LogP contribution in [-0.4, -0.2) is 11.9 Å². The van der Waals surface area contributed by atoms with E-state index in [0.29, 0.717) is 17.2 Å². The number of carbonyl (C=O) groups is 1. The van der Waals surface area contributed by atoms with Gasteiger partial charge in [-0.2, -0.15) is 5.26 Å². The second-order valence-corrected chi connectivity index (χ2v) is 4.47. The highest BCUT2D eigenvalue weighted by Gasteiger charge is 2.26. The highest BCUT2D eigenvalue weighted by molar-refractivity contribution is 5.94. The number of carbonyl (C=O) groups excluding carboxylic acids is 1. The van der Waals surface area contributed by atoms with Crippen molar-refractivity contribution < 1.29 is 4.79 Å². The number of rotatable bonds is 4. The van der Waals surface area contributed by atoms with Crippen LogP contribution in [0.3, 0.4) is 0 Å². The van der Waals surface area contributed by atoms with Crippen LogP contribution in [0.1, 0.15) is 24.8 Å². The molecule has 0 heterocycles. The molecule has 1 aromatic carbocycles. The van der Waals surface area contributed by atoms with Crippen molar-refractivity contribution >= 4 is 11.6 Å². The molecule has 4 nitrogen and oxygen atoms in total. The smallest absolute Gasteiger partial charge is 0.241 e. The largest absolute Gasteiger partial charge is 0.325 e. The summed E-state index contributed by atoms with van der Waals surface area (Å²) in [7, 11) is 0. The maximum absolute atomic E-state index is 11.8. The van der Waals surface area contributed by atoms with Gasteiger partial charge in [0.25, 0.3) is 0 Å². The van der Waals surface area contributed by atoms with Crippen molar-refractivity contribution in [1.29, 1.82) is 5.26 Å². The predicted molar refractivity (Wildman–Crippen MR) is 65.1 cm³/mol. The number of hydrogen-bond acceptors (Lipinski definition) is 3. The standard InChI is InChI=1S/C13H15N3O/c14-8-10-2-1-3-11(6-10)16-13(17)12(15)7-9-4-5-9/h1-3,6,9,12H,4-5,7,15H2,(H,16,17). The summed E-state index contributed by atoms with van der Waals surface area (Å²) in [6.07, 6.45) is 3.12. The number of anilines is 1. The van der Waals surface area contributed by atoms with Crippen LogP contribution in [0.25, 0.3) is 0 Å². The van der Waals surface area contributed by atoms with Gasteiger partial charge >= 0.3 is 0 Å². The normalized spacial score (nSPS) is 16.0. The highest BCUT2D eigenvalue weighted by Crippen LogP contribution is 2.33. The van der Waals surface area contributed by atoms with Crippen LogP contribution >= 0.6 is 0 Å². The molecule has 1 aliphatic carbocycles. The van der Waals surface area contributed by atoms with E-state index in [1.54, 1.807) is 24.3 Å². The Bertz CT molecular complexity index is 460. The van der Waals surface area contributed by atoms with E-state index in [1.807, 2.05) is 6.07 Å². The van der Waals surface area contributed by atoms with Crippen molar-refractivity contribution in [3.05, 3.63) is 29.8 Å². The van der Waals surface area contributed by atoms with Gasteiger partial charge < -0.3 is 11.1 Å². The zero-order valence-electron chi connectivity index (χ0n) is 9.52. The molecule has 0 aromatic heterocycles. The van der Waals surface area contributed by atoms with Gasteiger partial charge in [-0.15, -0.1) is 0 Å². The fraction of sp³-hybridized carbons (Fsp3) is 0.385. The zero-order chi connectivity index (χ0) is 12.3. The first-order chi connectivity index (χ1) is 8.19. The maximum Gasteiger partial charge on any atom is 0.241 e. The first-order valence-electron chi connectivity index (χ1n) is 5.75. The Labute approximate surface area is 100 Å². The second-order valence-electron chi connectivity index (χ2n) is 4.47. The van der Waals surface area contributed by atoms with E-state index in [9.17, 15) is 4.79 Å². The van der Waals surface area contributed by atoms with E-state index in [2.05, 4.69) is 5.32 Å². The Balaban J connectivity index is 1.94. The minimum atomic E-state index is -0.451. The number of hydrogen-bond donors (Lipinski definition) is 2. The molecule has 17 heavy (non-hydrogen) atoms. The minimum absolute atomic E-state index is 0.174. The van der Waals surface area contributed by atoms with E-state index in [0.717, 1.165) is 6.42 Å². The van der Waals surface area contributed by atoms with Crippen molar-refractivity contribution in [2.24, 2.45) is 11.7 Å².